The monoisotopic (exact) mass is 175 g/mol. The summed E-state index contributed by atoms with van der Waals surface area (Å²) in [6, 6.07) is 0. The highest BCUT2D eigenvalue weighted by Crippen LogP contribution is 2.14. The highest BCUT2D eigenvalue weighted by molar-refractivity contribution is 7.91. The summed E-state index contributed by atoms with van der Waals surface area (Å²) in [4.78, 5) is 0. The van der Waals surface area contributed by atoms with Gasteiger partial charge < -0.3 is 9.87 Å². The van der Waals surface area contributed by atoms with Gasteiger partial charge in [-0.05, 0) is 32.9 Å². The quantitative estimate of drug-likeness (QED) is 0.643. The highest BCUT2D eigenvalue weighted by atomic mass is 32.2. The van der Waals surface area contributed by atoms with Gasteiger partial charge in [0.25, 0.3) is 0 Å². The van der Waals surface area contributed by atoms with Gasteiger partial charge in [-0.1, -0.05) is 11.2 Å². The molecule has 2 nitrogen and oxygen atoms in total. The van der Waals surface area contributed by atoms with Crippen LogP contribution in [0.2, 0.25) is 0 Å². The molecule has 0 radical (unpaired) electrons. The van der Waals surface area contributed by atoms with E-state index in [1.165, 1.54) is 12.8 Å². The van der Waals surface area contributed by atoms with Gasteiger partial charge in [-0.25, -0.2) is 0 Å². The lowest BCUT2D eigenvalue weighted by atomic mass is 10.0. The average molecular weight is 175 g/mol. The van der Waals surface area contributed by atoms with Crippen LogP contribution < -0.4 is 5.32 Å². The van der Waals surface area contributed by atoms with E-state index in [2.05, 4.69) is 5.32 Å². The molecule has 0 bridgehead atoms. The minimum Gasteiger partial charge on any atom is -0.616 e. The molecule has 0 spiro atoms. The van der Waals surface area contributed by atoms with Crippen molar-refractivity contribution in [2.75, 3.05) is 24.6 Å². The van der Waals surface area contributed by atoms with Gasteiger partial charge in [-0.3, -0.25) is 0 Å². The molecule has 1 atom stereocenters. The minimum atomic E-state index is -0.552. The standard InChI is InChI=1S/C8H17NOS/c1-2-11(10)7-8-3-5-9-6-4-8/h8-9H,2-7H2,1H3. The molecular weight excluding hydrogens is 158 g/mol. The van der Waals surface area contributed by atoms with E-state index in [4.69, 9.17) is 0 Å². The van der Waals surface area contributed by atoms with E-state index in [9.17, 15) is 4.55 Å². The topological polar surface area (TPSA) is 35.1 Å². The van der Waals surface area contributed by atoms with E-state index in [1.807, 2.05) is 6.92 Å². The van der Waals surface area contributed by atoms with Crippen LogP contribution in [0.25, 0.3) is 0 Å². The van der Waals surface area contributed by atoms with Crippen LogP contribution in [0.1, 0.15) is 19.8 Å². The van der Waals surface area contributed by atoms with Crippen molar-refractivity contribution in [2.45, 2.75) is 19.8 Å². The molecule has 1 saturated heterocycles. The Morgan fingerprint density at radius 1 is 1.45 bits per heavy atom. The van der Waals surface area contributed by atoms with Crippen LogP contribution in [0.15, 0.2) is 0 Å². The third-order valence-corrected chi connectivity index (χ3v) is 3.69. The summed E-state index contributed by atoms with van der Waals surface area (Å²) in [5, 5.41) is 3.31. The van der Waals surface area contributed by atoms with Crippen LogP contribution >= 0.6 is 0 Å². The summed E-state index contributed by atoms with van der Waals surface area (Å²) in [7, 11) is 0. The Morgan fingerprint density at radius 3 is 2.64 bits per heavy atom. The van der Waals surface area contributed by atoms with Crippen molar-refractivity contribution >= 4 is 11.2 Å². The van der Waals surface area contributed by atoms with Crippen molar-refractivity contribution in [3.8, 4) is 0 Å². The van der Waals surface area contributed by atoms with E-state index in [0.29, 0.717) is 0 Å². The van der Waals surface area contributed by atoms with Crippen LogP contribution in [-0.4, -0.2) is 29.1 Å². The molecule has 66 valence electrons. The zero-order valence-electron chi connectivity index (χ0n) is 7.14. The Hall–Kier alpha value is 0.270. The van der Waals surface area contributed by atoms with E-state index in [-0.39, 0.29) is 0 Å². The van der Waals surface area contributed by atoms with Crippen molar-refractivity contribution in [1.82, 2.24) is 5.32 Å². The first-order chi connectivity index (χ1) is 5.33. The fraction of sp³-hybridized carbons (Fsp3) is 1.00. The molecule has 0 aliphatic carbocycles. The molecule has 0 amide bonds. The molecule has 0 aromatic rings. The largest absolute Gasteiger partial charge is 0.616 e. The lowest BCUT2D eigenvalue weighted by Gasteiger charge is -2.22. The minimum absolute atomic E-state index is 0.552. The van der Waals surface area contributed by atoms with Crippen LogP contribution in [0.5, 0.6) is 0 Å². The summed E-state index contributed by atoms with van der Waals surface area (Å²) in [5.41, 5.74) is 0. The molecule has 1 fully saturated rings. The molecule has 3 heteroatoms. The Kier molecular flexibility index (Phi) is 4.26. The molecule has 1 aliphatic heterocycles. The lowest BCUT2D eigenvalue weighted by molar-refractivity contribution is 0.401. The number of hydrogen-bond acceptors (Lipinski definition) is 2. The summed E-state index contributed by atoms with van der Waals surface area (Å²) < 4.78 is 11.2. The number of nitrogens with one attached hydrogen (secondary N) is 1. The second-order valence-electron chi connectivity index (χ2n) is 3.09. The second kappa shape index (κ2) is 5.01. The lowest BCUT2D eigenvalue weighted by Crippen LogP contribution is -2.31. The summed E-state index contributed by atoms with van der Waals surface area (Å²) in [6.07, 6.45) is 2.43. The van der Waals surface area contributed by atoms with Gasteiger partial charge in [0.15, 0.2) is 0 Å². The highest BCUT2D eigenvalue weighted by Gasteiger charge is 2.17. The average Bonchev–Trinajstić information content (AvgIpc) is 2.06. The fourth-order valence-electron chi connectivity index (χ4n) is 1.43. The zero-order chi connectivity index (χ0) is 8.10. The van der Waals surface area contributed by atoms with Crippen LogP contribution in [-0.2, 0) is 11.2 Å². The van der Waals surface area contributed by atoms with Crippen LogP contribution in [0.4, 0.5) is 0 Å². The molecular formula is C8H17NOS. The van der Waals surface area contributed by atoms with Crippen LogP contribution in [0.3, 0.4) is 0 Å². The van der Waals surface area contributed by atoms with E-state index in [1.54, 1.807) is 0 Å². The molecule has 1 unspecified atom stereocenters. The second-order valence-corrected chi connectivity index (χ2v) is 4.88. The van der Waals surface area contributed by atoms with Crippen molar-refractivity contribution < 1.29 is 4.55 Å². The van der Waals surface area contributed by atoms with E-state index in [0.717, 1.165) is 30.5 Å². The van der Waals surface area contributed by atoms with Crippen molar-refractivity contribution in [1.29, 1.82) is 0 Å². The van der Waals surface area contributed by atoms with Crippen molar-refractivity contribution in [3.63, 3.8) is 0 Å². The van der Waals surface area contributed by atoms with E-state index < -0.39 is 11.2 Å². The van der Waals surface area contributed by atoms with Crippen molar-refractivity contribution in [3.05, 3.63) is 0 Å². The van der Waals surface area contributed by atoms with Crippen LogP contribution in [0, 0.1) is 5.92 Å². The Labute approximate surface area is 71.9 Å². The van der Waals surface area contributed by atoms with Crippen molar-refractivity contribution in [2.24, 2.45) is 5.92 Å². The number of rotatable bonds is 3. The SMILES string of the molecule is CC[S+]([O-])CC1CCNCC1. The Balaban J connectivity index is 2.13. The molecule has 11 heavy (non-hydrogen) atoms. The normalized spacial score (nSPS) is 23.5. The zero-order valence-corrected chi connectivity index (χ0v) is 7.95. The van der Waals surface area contributed by atoms with E-state index >= 15 is 0 Å². The molecule has 1 aliphatic rings. The molecule has 1 rings (SSSR count). The maximum Gasteiger partial charge on any atom is 0.108 e. The molecule has 0 aromatic heterocycles. The smallest absolute Gasteiger partial charge is 0.108 e. The first-order valence-electron chi connectivity index (χ1n) is 4.38. The molecule has 0 aromatic carbocycles. The number of piperidine rings is 1. The fourth-order valence-corrected chi connectivity index (χ4v) is 2.52. The summed E-state index contributed by atoms with van der Waals surface area (Å²) in [5.74, 6) is 2.47. The Bertz CT molecular complexity index is 104. The summed E-state index contributed by atoms with van der Waals surface area (Å²) in [6.45, 7) is 4.23. The summed E-state index contributed by atoms with van der Waals surface area (Å²) >= 11 is -0.552. The maximum atomic E-state index is 11.2. The van der Waals surface area contributed by atoms with Gasteiger partial charge in [-0.2, -0.15) is 0 Å². The van der Waals surface area contributed by atoms with Gasteiger partial charge in [0, 0.05) is 5.92 Å². The molecule has 1 heterocycles. The van der Waals surface area contributed by atoms with Gasteiger partial charge in [0.2, 0.25) is 0 Å². The third kappa shape index (κ3) is 3.45. The first kappa shape index (κ1) is 9.36. The van der Waals surface area contributed by atoms with Gasteiger partial charge in [0.1, 0.15) is 11.5 Å². The first-order valence-corrected chi connectivity index (χ1v) is 5.87. The number of hydrogen-bond donors (Lipinski definition) is 1. The predicted octanol–water partition coefficient (Wildman–Crippen LogP) is 0.755. The third-order valence-electron chi connectivity index (χ3n) is 2.20. The molecule has 0 saturated carbocycles. The predicted molar refractivity (Wildman–Crippen MR) is 49.1 cm³/mol. The van der Waals surface area contributed by atoms with Gasteiger partial charge in [0.05, 0.1) is 0 Å². The van der Waals surface area contributed by atoms with Gasteiger partial charge in [-0.15, -0.1) is 0 Å². The maximum absolute atomic E-state index is 11.2. The Morgan fingerprint density at radius 2 is 2.09 bits per heavy atom. The molecule has 1 N–H and O–H groups in total. The van der Waals surface area contributed by atoms with Gasteiger partial charge >= 0.3 is 0 Å².